The fourth-order valence-electron chi connectivity index (χ4n) is 2.28. The number of ether oxygens (including phenoxy) is 2. The summed E-state index contributed by atoms with van der Waals surface area (Å²) in [6.07, 6.45) is 0.793. The minimum absolute atomic E-state index is 0.0391. The van der Waals surface area contributed by atoms with Gasteiger partial charge in [-0.05, 0) is 30.7 Å². The van der Waals surface area contributed by atoms with Crippen LogP contribution in [0.15, 0.2) is 24.3 Å². The maximum atomic E-state index is 12.8. The van der Waals surface area contributed by atoms with E-state index in [1.165, 1.54) is 12.1 Å². The van der Waals surface area contributed by atoms with Gasteiger partial charge in [0.25, 0.3) is 0 Å². The summed E-state index contributed by atoms with van der Waals surface area (Å²) >= 11 is 0. The number of methoxy groups -OCH3 is 1. The number of amides is 1. The van der Waals surface area contributed by atoms with E-state index >= 15 is 0 Å². The van der Waals surface area contributed by atoms with Crippen molar-refractivity contribution in [1.82, 2.24) is 10.2 Å². The monoisotopic (exact) mass is 296 g/mol. The summed E-state index contributed by atoms with van der Waals surface area (Å²) in [7, 11) is 3.40. The fraction of sp³-hybridized carbons (Fsp3) is 0.533. The highest BCUT2D eigenvalue weighted by atomic mass is 19.1. The zero-order valence-corrected chi connectivity index (χ0v) is 12.3. The highest BCUT2D eigenvalue weighted by molar-refractivity contribution is 5.82. The van der Waals surface area contributed by atoms with Crippen LogP contribution in [-0.2, 0) is 9.53 Å². The maximum Gasteiger partial charge on any atom is 0.239 e. The van der Waals surface area contributed by atoms with E-state index in [9.17, 15) is 9.18 Å². The van der Waals surface area contributed by atoms with E-state index < -0.39 is 0 Å². The number of carbonyl (C=O) groups excluding carboxylic acids is 1. The number of likely N-dealkylation sites (N-methyl/N-ethyl adjacent to an activating group) is 1. The molecule has 1 aromatic rings. The molecular formula is C15H21FN2O3. The zero-order valence-electron chi connectivity index (χ0n) is 12.3. The van der Waals surface area contributed by atoms with Crippen molar-refractivity contribution in [2.24, 2.45) is 0 Å². The van der Waals surface area contributed by atoms with E-state index in [-0.39, 0.29) is 23.9 Å². The van der Waals surface area contributed by atoms with Crippen LogP contribution < -0.4 is 10.1 Å². The quantitative estimate of drug-likeness (QED) is 0.852. The molecule has 1 aromatic carbocycles. The van der Waals surface area contributed by atoms with Gasteiger partial charge in [-0.2, -0.15) is 0 Å². The van der Waals surface area contributed by atoms with Crippen molar-refractivity contribution in [3.8, 4) is 5.75 Å². The molecule has 0 saturated carbocycles. The van der Waals surface area contributed by atoms with Gasteiger partial charge < -0.3 is 19.7 Å². The normalized spacial score (nSPS) is 21.3. The average Bonchev–Trinajstić information content (AvgIpc) is 2.97. The SMILES string of the molecule is COC1CNC(C(=O)N(C)CCOc2ccc(F)cc2)C1. The van der Waals surface area contributed by atoms with Gasteiger partial charge in [0.15, 0.2) is 0 Å². The molecule has 21 heavy (non-hydrogen) atoms. The van der Waals surface area contributed by atoms with E-state index in [2.05, 4.69) is 5.32 Å². The minimum atomic E-state index is -0.297. The highest BCUT2D eigenvalue weighted by Gasteiger charge is 2.30. The van der Waals surface area contributed by atoms with Crippen LogP contribution in [0, 0.1) is 5.82 Å². The second-order valence-electron chi connectivity index (χ2n) is 5.12. The Balaban J connectivity index is 1.72. The Morgan fingerprint density at radius 1 is 1.43 bits per heavy atom. The average molecular weight is 296 g/mol. The highest BCUT2D eigenvalue weighted by Crippen LogP contribution is 2.13. The van der Waals surface area contributed by atoms with Gasteiger partial charge in [-0.3, -0.25) is 4.79 Å². The number of halogens is 1. The lowest BCUT2D eigenvalue weighted by molar-refractivity contribution is -0.132. The van der Waals surface area contributed by atoms with Crippen LogP contribution in [-0.4, -0.2) is 56.8 Å². The fourth-order valence-corrected chi connectivity index (χ4v) is 2.28. The largest absolute Gasteiger partial charge is 0.492 e. The molecule has 2 unspecified atom stereocenters. The first-order chi connectivity index (χ1) is 10.1. The lowest BCUT2D eigenvalue weighted by atomic mass is 10.2. The van der Waals surface area contributed by atoms with Gasteiger partial charge in [0.2, 0.25) is 5.91 Å². The van der Waals surface area contributed by atoms with Gasteiger partial charge in [0, 0.05) is 20.7 Å². The first kappa shape index (κ1) is 15.7. The Morgan fingerprint density at radius 2 is 2.14 bits per heavy atom. The maximum absolute atomic E-state index is 12.8. The topological polar surface area (TPSA) is 50.8 Å². The van der Waals surface area contributed by atoms with Crippen LogP contribution >= 0.6 is 0 Å². The van der Waals surface area contributed by atoms with E-state index in [0.717, 1.165) is 0 Å². The van der Waals surface area contributed by atoms with Crippen LogP contribution in [0.1, 0.15) is 6.42 Å². The van der Waals surface area contributed by atoms with E-state index in [4.69, 9.17) is 9.47 Å². The molecule has 1 heterocycles. The third kappa shape index (κ3) is 4.41. The van der Waals surface area contributed by atoms with Gasteiger partial charge in [-0.25, -0.2) is 4.39 Å². The number of nitrogens with zero attached hydrogens (tertiary/aromatic N) is 1. The smallest absolute Gasteiger partial charge is 0.239 e. The standard InChI is InChI=1S/C15H21FN2O3/c1-18(15(19)14-9-13(20-2)10-17-14)7-8-21-12-5-3-11(16)4-6-12/h3-6,13-14,17H,7-10H2,1-2H3. The number of hydrogen-bond donors (Lipinski definition) is 1. The van der Waals surface area contributed by atoms with E-state index in [0.29, 0.717) is 31.9 Å². The van der Waals surface area contributed by atoms with Crippen LogP contribution in [0.25, 0.3) is 0 Å². The van der Waals surface area contributed by atoms with Crippen molar-refractivity contribution in [2.45, 2.75) is 18.6 Å². The van der Waals surface area contributed by atoms with Crippen molar-refractivity contribution in [3.05, 3.63) is 30.1 Å². The molecule has 1 amide bonds. The Morgan fingerprint density at radius 3 is 2.76 bits per heavy atom. The molecule has 0 radical (unpaired) electrons. The van der Waals surface area contributed by atoms with Gasteiger partial charge in [0.05, 0.1) is 18.7 Å². The molecule has 5 nitrogen and oxygen atoms in total. The molecule has 116 valence electrons. The third-order valence-electron chi connectivity index (χ3n) is 3.61. The zero-order chi connectivity index (χ0) is 15.2. The Labute approximate surface area is 124 Å². The Kier molecular flexibility index (Phi) is 5.52. The Hall–Kier alpha value is -1.66. The predicted molar refractivity (Wildman–Crippen MR) is 76.7 cm³/mol. The molecule has 2 atom stereocenters. The van der Waals surface area contributed by atoms with E-state index in [1.54, 1.807) is 31.2 Å². The summed E-state index contributed by atoms with van der Waals surface area (Å²) < 4.78 is 23.5. The lowest BCUT2D eigenvalue weighted by Gasteiger charge is -2.21. The number of hydrogen-bond acceptors (Lipinski definition) is 4. The van der Waals surface area contributed by atoms with Gasteiger partial charge >= 0.3 is 0 Å². The molecule has 1 aliphatic heterocycles. The first-order valence-corrected chi connectivity index (χ1v) is 6.99. The van der Waals surface area contributed by atoms with Crippen molar-refractivity contribution >= 4 is 5.91 Å². The molecule has 1 N–H and O–H groups in total. The third-order valence-corrected chi connectivity index (χ3v) is 3.61. The van der Waals surface area contributed by atoms with Gasteiger partial charge in [0.1, 0.15) is 18.2 Å². The second-order valence-corrected chi connectivity index (χ2v) is 5.12. The molecular weight excluding hydrogens is 275 g/mol. The number of nitrogens with one attached hydrogen (secondary N) is 1. The predicted octanol–water partition coefficient (Wildman–Crippen LogP) is 1.04. The van der Waals surface area contributed by atoms with Crippen molar-refractivity contribution in [3.63, 3.8) is 0 Å². The molecule has 6 heteroatoms. The molecule has 0 aliphatic carbocycles. The van der Waals surface area contributed by atoms with Crippen molar-refractivity contribution in [1.29, 1.82) is 0 Å². The van der Waals surface area contributed by atoms with Crippen LogP contribution in [0.5, 0.6) is 5.75 Å². The van der Waals surface area contributed by atoms with Gasteiger partial charge in [-0.1, -0.05) is 0 Å². The second kappa shape index (κ2) is 7.38. The molecule has 0 spiro atoms. The van der Waals surface area contributed by atoms with Crippen molar-refractivity contribution < 1.29 is 18.7 Å². The first-order valence-electron chi connectivity index (χ1n) is 6.99. The molecule has 0 aromatic heterocycles. The van der Waals surface area contributed by atoms with Crippen LogP contribution in [0.2, 0.25) is 0 Å². The number of carbonyl (C=O) groups is 1. The molecule has 1 saturated heterocycles. The summed E-state index contributed by atoms with van der Waals surface area (Å²) in [5, 5.41) is 3.15. The summed E-state index contributed by atoms with van der Waals surface area (Å²) in [6, 6.07) is 5.64. The number of rotatable bonds is 6. The summed E-state index contributed by atoms with van der Waals surface area (Å²) in [5.41, 5.74) is 0. The van der Waals surface area contributed by atoms with Crippen LogP contribution in [0.4, 0.5) is 4.39 Å². The molecule has 1 aliphatic rings. The van der Waals surface area contributed by atoms with Crippen LogP contribution in [0.3, 0.4) is 0 Å². The molecule has 1 fully saturated rings. The molecule has 0 bridgehead atoms. The summed E-state index contributed by atoms with van der Waals surface area (Å²) in [6.45, 7) is 1.55. The summed E-state index contributed by atoms with van der Waals surface area (Å²) in [4.78, 5) is 13.8. The minimum Gasteiger partial charge on any atom is -0.492 e. The number of benzene rings is 1. The summed E-state index contributed by atoms with van der Waals surface area (Å²) in [5.74, 6) is 0.336. The van der Waals surface area contributed by atoms with Gasteiger partial charge in [-0.15, -0.1) is 0 Å². The van der Waals surface area contributed by atoms with Crippen molar-refractivity contribution in [2.75, 3.05) is 33.9 Å². The van der Waals surface area contributed by atoms with E-state index in [1.807, 2.05) is 0 Å². The molecule has 2 rings (SSSR count). The lowest BCUT2D eigenvalue weighted by Crippen LogP contribution is -2.43. The Bertz CT molecular complexity index is 466.